The Morgan fingerprint density at radius 1 is 1.23 bits per heavy atom. The maximum atomic E-state index is 12.0. The van der Waals surface area contributed by atoms with Crippen molar-refractivity contribution in [2.45, 2.75) is 63.1 Å². The van der Waals surface area contributed by atoms with E-state index in [1.807, 2.05) is 6.07 Å². The van der Waals surface area contributed by atoms with Crippen LogP contribution < -0.4 is 14.8 Å². The average Bonchev–Trinajstić information content (AvgIpc) is 3.09. The first-order valence-corrected chi connectivity index (χ1v) is 17.4. The van der Waals surface area contributed by atoms with Crippen LogP contribution in [0.4, 0.5) is 5.69 Å². The summed E-state index contributed by atoms with van der Waals surface area (Å²) in [5.41, 5.74) is 3.37. The van der Waals surface area contributed by atoms with Gasteiger partial charge in [0.1, 0.15) is 5.75 Å². The standard InChI is InChI=1S/C32H41ClN2O7S/c1-20-17-41-30(15-29(20)40-11-12-43(34,38)39)25-7-4-23(25)16-35-18-32(10-2-3-21-13-24(33)6-8-26(21)32)19-42-28-9-5-22(31(36)37)14-27(28)35/h5-6,8-9,13-14,20,23,25,29-30H,2-4,7,10-12,15-19H2,1H3,(H,36,37)(H2,34,38,39)/t20-,23+,25-,29+,30-,32+/m1/s1. The molecule has 3 N–H and O–H groups in total. The van der Waals surface area contributed by atoms with Gasteiger partial charge in [0.05, 0.1) is 49.0 Å². The number of hydrogen-bond donors (Lipinski definition) is 2. The van der Waals surface area contributed by atoms with E-state index < -0.39 is 16.0 Å². The Balaban J connectivity index is 1.24. The Hall–Kier alpha value is -2.37. The van der Waals surface area contributed by atoms with Gasteiger partial charge in [-0.1, -0.05) is 24.6 Å². The number of carboxylic acids is 1. The first-order valence-electron chi connectivity index (χ1n) is 15.3. The second kappa shape index (κ2) is 12.2. The van der Waals surface area contributed by atoms with Crippen molar-refractivity contribution in [3.63, 3.8) is 0 Å². The summed E-state index contributed by atoms with van der Waals surface area (Å²) >= 11 is 6.39. The van der Waals surface area contributed by atoms with E-state index in [1.165, 1.54) is 11.1 Å². The second-order valence-electron chi connectivity index (χ2n) is 13.0. The summed E-state index contributed by atoms with van der Waals surface area (Å²) in [4.78, 5) is 14.3. The summed E-state index contributed by atoms with van der Waals surface area (Å²) in [6.45, 7) is 4.73. The number of aromatic carboxylic acids is 1. The monoisotopic (exact) mass is 632 g/mol. The minimum absolute atomic E-state index is 0.0222. The first kappa shape index (κ1) is 30.6. The number of ether oxygens (including phenoxy) is 3. The van der Waals surface area contributed by atoms with E-state index in [0.717, 1.165) is 55.9 Å². The fraction of sp³-hybridized carbons (Fsp3) is 0.594. The molecule has 1 saturated heterocycles. The molecule has 2 heterocycles. The van der Waals surface area contributed by atoms with Crippen LogP contribution in [0.2, 0.25) is 5.02 Å². The third-order valence-electron chi connectivity index (χ3n) is 10.1. The lowest BCUT2D eigenvalue weighted by atomic mass is 9.67. The topological polar surface area (TPSA) is 128 Å². The van der Waals surface area contributed by atoms with E-state index in [0.29, 0.717) is 37.2 Å². The van der Waals surface area contributed by atoms with Crippen molar-refractivity contribution in [1.82, 2.24) is 0 Å². The van der Waals surface area contributed by atoms with E-state index in [4.69, 9.17) is 31.0 Å². The number of hydrogen-bond acceptors (Lipinski definition) is 7. The van der Waals surface area contributed by atoms with E-state index in [-0.39, 0.29) is 41.5 Å². The molecule has 0 unspecified atom stereocenters. The van der Waals surface area contributed by atoms with Gasteiger partial charge in [-0.05, 0) is 85.4 Å². The third kappa shape index (κ3) is 6.54. The van der Waals surface area contributed by atoms with Crippen molar-refractivity contribution in [1.29, 1.82) is 0 Å². The van der Waals surface area contributed by atoms with Gasteiger partial charge in [-0.3, -0.25) is 0 Å². The molecule has 2 fully saturated rings. The number of primary sulfonamides is 1. The van der Waals surface area contributed by atoms with Gasteiger partial charge in [0.15, 0.2) is 0 Å². The van der Waals surface area contributed by atoms with Crippen LogP contribution in [-0.2, 0) is 31.3 Å². The highest BCUT2D eigenvalue weighted by molar-refractivity contribution is 7.89. The summed E-state index contributed by atoms with van der Waals surface area (Å²) in [6.07, 6.45) is 5.76. The molecule has 4 aliphatic rings. The highest BCUT2D eigenvalue weighted by Gasteiger charge is 2.46. The summed E-state index contributed by atoms with van der Waals surface area (Å²) in [5.74, 6) is 0.413. The fourth-order valence-corrected chi connectivity index (χ4v) is 8.12. The molecule has 1 spiro atoms. The molecule has 9 nitrogen and oxygen atoms in total. The number of anilines is 1. The van der Waals surface area contributed by atoms with Crippen molar-refractivity contribution in [3.05, 3.63) is 58.1 Å². The maximum Gasteiger partial charge on any atom is 0.335 e. The minimum atomic E-state index is -3.57. The normalized spacial score (nSPS) is 30.5. The molecule has 0 radical (unpaired) electrons. The Labute approximate surface area is 258 Å². The Kier molecular flexibility index (Phi) is 8.69. The number of carbonyl (C=O) groups is 1. The highest BCUT2D eigenvalue weighted by Crippen LogP contribution is 2.47. The summed E-state index contributed by atoms with van der Waals surface area (Å²) < 4.78 is 41.6. The molecule has 6 atom stereocenters. The molecule has 2 aliphatic carbocycles. The van der Waals surface area contributed by atoms with Gasteiger partial charge < -0.3 is 24.2 Å². The van der Waals surface area contributed by atoms with Crippen LogP contribution in [-0.4, -0.2) is 70.4 Å². The van der Waals surface area contributed by atoms with Gasteiger partial charge >= 0.3 is 5.97 Å². The zero-order valence-corrected chi connectivity index (χ0v) is 26.1. The summed E-state index contributed by atoms with van der Waals surface area (Å²) in [5, 5.41) is 15.7. The van der Waals surface area contributed by atoms with E-state index >= 15 is 0 Å². The zero-order valence-electron chi connectivity index (χ0n) is 24.5. The molecule has 2 aliphatic heterocycles. The number of aryl methyl sites for hydroxylation is 1. The van der Waals surface area contributed by atoms with Crippen LogP contribution in [0.1, 0.15) is 60.5 Å². The van der Waals surface area contributed by atoms with Crippen molar-refractivity contribution >= 4 is 33.3 Å². The van der Waals surface area contributed by atoms with E-state index in [9.17, 15) is 18.3 Å². The number of benzene rings is 2. The van der Waals surface area contributed by atoms with Crippen LogP contribution in [0, 0.1) is 17.8 Å². The molecule has 2 aromatic rings. The zero-order chi connectivity index (χ0) is 30.4. The predicted molar refractivity (Wildman–Crippen MR) is 165 cm³/mol. The van der Waals surface area contributed by atoms with Gasteiger partial charge in [-0.2, -0.15) is 0 Å². The van der Waals surface area contributed by atoms with Crippen LogP contribution >= 0.6 is 11.6 Å². The average molecular weight is 633 g/mol. The predicted octanol–water partition coefficient (Wildman–Crippen LogP) is 4.64. The van der Waals surface area contributed by atoms with E-state index in [1.54, 1.807) is 18.2 Å². The van der Waals surface area contributed by atoms with Gasteiger partial charge in [-0.25, -0.2) is 18.4 Å². The number of nitrogens with zero attached hydrogens (tertiary/aromatic N) is 1. The molecule has 234 valence electrons. The fourth-order valence-electron chi connectivity index (χ4n) is 7.60. The lowest BCUT2D eigenvalue weighted by molar-refractivity contribution is -0.139. The molecule has 6 rings (SSSR count). The number of fused-ring (bicyclic) bond motifs is 3. The first-order chi connectivity index (χ1) is 20.5. The van der Waals surface area contributed by atoms with Crippen LogP contribution in [0.15, 0.2) is 36.4 Å². The molecule has 2 aromatic carbocycles. The smallest absolute Gasteiger partial charge is 0.335 e. The molecule has 1 saturated carbocycles. The molecule has 0 aromatic heterocycles. The molecule has 0 bridgehead atoms. The number of nitrogens with two attached hydrogens (primary N) is 1. The third-order valence-corrected chi connectivity index (χ3v) is 11.0. The maximum absolute atomic E-state index is 12.0. The van der Waals surface area contributed by atoms with Crippen molar-refractivity contribution < 1.29 is 32.5 Å². The van der Waals surface area contributed by atoms with Gasteiger partial charge in [-0.15, -0.1) is 0 Å². The van der Waals surface area contributed by atoms with Crippen LogP contribution in [0.25, 0.3) is 0 Å². The van der Waals surface area contributed by atoms with Gasteiger partial charge in [0, 0.05) is 35.9 Å². The number of carboxylic acid groups (broad SMARTS) is 1. The molecular weight excluding hydrogens is 592 g/mol. The minimum Gasteiger partial charge on any atom is -0.490 e. The second-order valence-corrected chi connectivity index (χ2v) is 15.1. The van der Waals surface area contributed by atoms with Crippen molar-refractivity contribution in [3.8, 4) is 5.75 Å². The lowest BCUT2D eigenvalue weighted by Crippen LogP contribution is -2.51. The van der Waals surface area contributed by atoms with Crippen molar-refractivity contribution in [2.75, 3.05) is 43.6 Å². The van der Waals surface area contributed by atoms with E-state index in [2.05, 4.69) is 24.0 Å². The number of rotatable bonds is 8. The molecule has 11 heteroatoms. The van der Waals surface area contributed by atoms with Gasteiger partial charge in [0.2, 0.25) is 10.0 Å². The van der Waals surface area contributed by atoms with Crippen molar-refractivity contribution in [2.24, 2.45) is 22.9 Å². The summed E-state index contributed by atoms with van der Waals surface area (Å²) in [6, 6.07) is 11.4. The highest BCUT2D eigenvalue weighted by atomic mass is 35.5. The SMILES string of the molecule is C[C@@H]1CO[C@@H]([C@@H]2CC[C@H]2CN2C[C@@]3(CCCc4cc(Cl)ccc43)COc3ccc(C(=O)O)cc32)C[C@@H]1OCCS(N)(=O)=O. The Bertz CT molecular complexity index is 1470. The van der Waals surface area contributed by atoms with Crippen LogP contribution in [0.5, 0.6) is 5.75 Å². The molecule has 43 heavy (non-hydrogen) atoms. The number of halogens is 1. The summed E-state index contributed by atoms with van der Waals surface area (Å²) in [7, 11) is -3.57. The Morgan fingerprint density at radius 3 is 2.81 bits per heavy atom. The number of sulfonamides is 1. The quantitative estimate of drug-likeness (QED) is 0.431. The molecule has 0 amide bonds. The lowest BCUT2D eigenvalue weighted by Gasteiger charge is -2.48. The molecular formula is C32H41ClN2O7S. The Morgan fingerprint density at radius 2 is 2.07 bits per heavy atom. The van der Waals surface area contributed by atoms with Gasteiger partial charge in [0.25, 0.3) is 0 Å². The largest absolute Gasteiger partial charge is 0.490 e. The van der Waals surface area contributed by atoms with Crippen LogP contribution in [0.3, 0.4) is 0 Å².